The van der Waals surface area contributed by atoms with Crippen LogP contribution < -0.4 is 9.47 Å². The van der Waals surface area contributed by atoms with Gasteiger partial charge < -0.3 is 9.47 Å². The Morgan fingerprint density at radius 3 is 2.47 bits per heavy atom. The third-order valence-corrected chi connectivity index (χ3v) is 4.42. The number of alkyl halides is 1. The first-order valence-electron chi connectivity index (χ1n) is 6.02. The number of fused-ring (bicyclic) bond motifs is 1. The zero-order valence-corrected chi connectivity index (χ0v) is 12.4. The van der Waals surface area contributed by atoms with Crippen LogP contribution >= 0.6 is 27.5 Å². The largest absolute Gasteiger partial charge is 0.486 e. The molecule has 4 heteroatoms. The maximum Gasteiger partial charge on any atom is 0.161 e. The lowest BCUT2D eigenvalue weighted by molar-refractivity contribution is 0.0905. The van der Waals surface area contributed by atoms with Gasteiger partial charge in [-0.25, -0.2) is 0 Å². The van der Waals surface area contributed by atoms with E-state index in [4.69, 9.17) is 21.1 Å². The van der Waals surface area contributed by atoms with Crippen molar-refractivity contribution in [2.75, 3.05) is 6.61 Å². The van der Waals surface area contributed by atoms with Gasteiger partial charge in [-0.05, 0) is 29.8 Å². The fourth-order valence-corrected chi connectivity index (χ4v) is 2.73. The molecule has 0 N–H and O–H groups in total. The minimum atomic E-state index is -0.0592. The maximum atomic E-state index is 5.97. The second-order valence-corrected chi connectivity index (χ2v) is 5.79. The van der Waals surface area contributed by atoms with Crippen LogP contribution in [0, 0.1) is 0 Å². The summed E-state index contributed by atoms with van der Waals surface area (Å²) in [6.45, 7) is 0.523. The van der Waals surface area contributed by atoms with Crippen LogP contribution in [0.1, 0.15) is 10.4 Å². The molecule has 2 aromatic carbocycles. The molecule has 0 spiro atoms. The summed E-state index contributed by atoms with van der Waals surface area (Å²) >= 11 is 9.57. The van der Waals surface area contributed by atoms with E-state index in [1.807, 2.05) is 48.5 Å². The average molecular weight is 340 g/mol. The van der Waals surface area contributed by atoms with Crippen LogP contribution in [-0.2, 0) is 0 Å². The average Bonchev–Trinajstić information content (AvgIpc) is 2.47. The topological polar surface area (TPSA) is 18.5 Å². The van der Waals surface area contributed by atoms with Crippen molar-refractivity contribution in [2.45, 2.75) is 10.9 Å². The molecule has 1 heterocycles. The van der Waals surface area contributed by atoms with Crippen molar-refractivity contribution in [3.05, 3.63) is 59.1 Å². The quantitative estimate of drug-likeness (QED) is 0.744. The lowest BCUT2D eigenvalue weighted by Gasteiger charge is -2.29. The monoisotopic (exact) mass is 338 g/mol. The number of ether oxygens (including phenoxy) is 2. The summed E-state index contributed by atoms with van der Waals surface area (Å²) in [4.78, 5) is 0.0677. The van der Waals surface area contributed by atoms with Gasteiger partial charge in [0.25, 0.3) is 0 Å². The van der Waals surface area contributed by atoms with E-state index in [1.54, 1.807) is 0 Å². The van der Waals surface area contributed by atoms with E-state index in [-0.39, 0.29) is 10.9 Å². The van der Waals surface area contributed by atoms with Crippen LogP contribution in [0.5, 0.6) is 11.5 Å². The predicted octanol–water partition coefficient (Wildman–Crippen LogP) is 4.62. The molecule has 2 unspecified atom stereocenters. The Bertz CT molecular complexity index is 571. The van der Waals surface area contributed by atoms with Gasteiger partial charge in [-0.15, -0.1) is 0 Å². The summed E-state index contributed by atoms with van der Waals surface area (Å²) in [5, 5.41) is 0.731. The molecule has 0 aliphatic carbocycles. The number of para-hydroxylation sites is 2. The van der Waals surface area contributed by atoms with E-state index in [9.17, 15) is 0 Å². The molecule has 2 nitrogen and oxygen atoms in total. The first-order chi connectivity index (χ1) is 9.24. The molecule has 0 aromatic heterocycles. The highest BCUT2D eigenvalue weighted by Crippen LogP contribution is 2.37. The first kappa shape index (κ1) is 12.8. The SMILES string of the molecule is Clc1ccc(C(Br)C2COc3ccccc3O2)cc1. The van der Waals surface area contributed by atoms with Crippen molar-refractivity contribution in [2.24, 2.45) is 0 Å². The molecule has 1 aliphatic heterocycles. The van der Waals surface area contributed by atoms with Gasteiger partial charge in [-0.2, -0.15) is 0 Å². The second kappa shape index (κ2) is 5.43. The molecule has 98 valence electrons. The number of hydrogen-bond donors (Lipinski definition) is 0. The molecule has 2 aromatic rings. The molecular formula is C15H12BrClO2. The normalized spacial score (nSPS) is 18.9. The van der Waals surface area contributed by atoms with Crippen molar-refractivity contribution < 1.29 is 9.47 Å². The molecule has 0 bridgehead atoms. The number of halogens is 2. The fourth-order valence-electron chi connectivity index (χ4n) is 2.04. The van der Waals surface area contributed by atoms with E-state index in [0.717, 1.165) is 22.1 Å². The third-order valence-electron chi connectivity index (χ3n) is 3.05. The maximum absolute atomic E-state index is 5.97. The van der Waals surface area contributed by atoms with E-state index in [1.165, 1.54) is 0 Å². The van der Waals surface area contributed by atoms with Crippen molar-refractivity contribution in [1.82, 2.24) is 0 Å². The Morgan fingerprint density at radius 1 is 1.05 bits per heavy atom. The van der Waals surface area contributed by atoms with Gasteiger partial charge in [-0.3, -0.25) is 0 Å². The smallest absolute Gasteiger partial charge is 0.161 e. The van der Waals surface area contributed by atoms with Gasteiger partial charge in [0.1, 0.15) is 12.7 Å². The van der Waals surface area contributed by atoms with Crippen LogP contribution in [0.4, 0.5) is 0 Å². The summed E-state index contributed by atoms with van der Waals surface area (Å²) in [5.41, 5.74) is 1.12. The molecule has 0 radical (unpaired) electrons. The Hall–Kier alpha value is -1.19. The van der Waals surface area contributed by atoms with Gasteiger partial charge in [0, 0.05) is 5.02 Å². The molecule has 0 fully saturated rings. The van der Waals surface area contributed by atoms with E-state index in [2.05, 4.69) is 15.9 Å². The van der Waals surface area contributed by atoms with Crippen LogP contribution in [-0.4, -0.2) is 12.7 Å². The zero-order chi connectivity index (χ0) is 13.2. The van der Waals surface area contributed by atoms with Crippen molar-refractivity contribution in [1.29, 1.82) is 0 Å². The Kier molecular flexibility index (Phi) is 3.67. The standard InChI is InChI=1S/C15H12BrClO2/c16-15(10-5-7-11(17)8-6-10)14-9-18-12-3-1-2-4-13(12)19-14/h1-8,14-15H,9H2. The predicted molar refractivity (Wildman–Crippen MR) is 79.5 cm³/mol. The van der Waals surface area contributed by atoms with Crippen LogP contribution in [0.3, 0.4) is 0 Å². The van der Waals surface area contributed by atoms with Gasteiger partial charge in [0.15, 0.2) is 11.5 Å². The summed E-state index contributed by atoms with van der Waals surface area (Å²) in [6.07, 6.45) is -0.0592. The van der Waals surface area contributed by atoms with Crippen LogP contribution in [0.2, 0.25) is 5.02 Å². The molecule has 0 saturated carbocycles. The Labute approximate surface area is 125 Å². The third kappa shape index (κ3) is 2.72. The second-order valence-electron chi connectivity index (χ2n) is 4.37. The molecule has 2 atom stereocenters. The molecule has 0 saturated heterocycles. The van der Waals surface area contributed by atoms with Crippen LogP contribution in [0.15, 0.2) is 48.5 Å². The van der Waals surface area contributed by atoms with Crippen molar-refractivity contribution in [3.8, 4) is 11.5 Å². The summed E-state index contributed by atoms with van der Waals surface area (Å²) < 4.78 is 11.7. The lowest BCUT2D eigenvalue weighted by Crippen LogP contribution is -2.32. The lowest BCUT2D eigenvalue weighted by atomic mass is 10.1. The molecular weight excluding hydrogens is 328 g/mol. The first-order valence-corrected chi connectivity index (χ1v) is 7.31. The fraction of sp³-hybridized carbons (Fsp3) is 0.200. The highest BCUT2D eigenvalue weighted by atomic mass is 79.9. The van der Waals surface area contributed by atoms with Crippen molar-refractivity contribution in [3.63, 3.8) is 0 Å². The zero-order valence-electron chi connectivity index (χ0n) is 10.1. The summed E-state index contributed by atoms with van der Waals surface area (Å²) in [5.74, 6) is 1.59. The summed E-state index contributed by atoms with van der Waals surface area (Å²) in [7, 11) is 0. The van der Waals surface area contributed by atoms with Gasteiger partial charge in [-0.1, -0.05) is 51.8 Å². The molecule has 0 amide bonds. The van der Waals surface area contributed by atoms with Crippen molar-refractivity contribution >= 4 is 27.5 Å². The Balaban J connectivity index is 1.79. The van der Waals surface area contributed by atoms with E-state index < -0.39 is 0 Å². The van der Waals surface area contributed by atoms with E-state index >= 15 is 0 Å². The van der Waals surface area contributed by atoms with Gasteiger partial charge in [0.05, 0.1) is 4.83 Å². The minimum absolute atomic E-state index is 0.0592. The number of hydrogen-bond acceptors (Lipinski definition) is 2. The van der Waals surface area contributed by atoms with Crippen LogP contribution in [0.25, 0.3) is 0 Å². The van der Waals surface area contributed by atoms with Gasteiger partial charge >= 0.3 is 0 Å². The highest BCUT2D eigenvalue weighted by Gasteiger charge is 2.28. The number of benzene rings is 2. The van der Waals surface area contributed by atoms with Gasteiger partial charge in [0.2, 0.25) is 0 Å². The number of rotatable bonds is 2. The molecule has 19 heavy (non-hydrogen) atoms. The molecule has 3 rings (SSSR count). The minimum Gasteiger partial charge on any atom is -0.486 e. The molecule has 1 aliphatic rings. The summed E-state index contributed by atoms with van der Waals surface area (Å²) in [6, 6.07) is 15.5. The Morgan fingerprint density at radius 2 is 1.74 bits per heavy atom. The van der Waals surface area contributed by atoms with E-state index in [0.29, 0.717) is 6.61 Å². The highest BCUT2D eigenvalue weighted by molar-refractivity contribution is 9.09.